The number of hydrogen-bond donors (Lipinski definition) is 0. The van der Waals surface area contributed by atoms with E-state index in [1.165, 1.54) is 22.8 Å². The van der Waals surface area contributed by atoms with Gasteiger partial charge < -0.3 is 9.47 Å². The van der Waals surface area contributed by atoms with Gasteiger partial charge in [-0.25, -0.2) is 0 Å². The van der Waals surface area contributed by atoms with E-state index >= 15 is 0 Å². The standard InChI is InChI=1S/C26H26ClN3O3/c27-22-4-5-23(28-16-22)18-33-25-7-8-30(26(31)15-25)24-6-3-20-13-19(1-2-21(20)14-24)17-29-9-11-32-12-10-29/h1-2,4-5,7-8,13-16H,3,6,9-12,17-18H2. The molecule has 0 bridgehead atoms. The van der Waals surface area contributed by atoms with Gasteiger partial charge in [0.1, 0.15) is 12.4 Å². The molecule has 7 heteroatoms. The van der Waals surface area contributed by atoms with Gasteiger partial charge >= 0.3 is 0 Å². The van der Waals surface area contributed by atoms with E-state index in [2.05, 4.69) is 34.2 Å². The van der Waals surface area contributed by atoms with Gasteiger partial charge in [0.15, 0.2) is 0 Å². The van der Waals surface area contributed by atoms with E-state index in [0.717, 1.165) is 57.1 Å². The van der Waals surface area contributed by atoms with Crippen molar-refractivity contribution in [1.82, 2.24) is 14.5 Å². The van der Waals surface area contributed by atoms with Gasteiger partial charge in [0.25, 0.3) is 5.56 Å². The second kappa shape index (κ2) is 9.91. The monoisotopic (exact) mass is 463 g/mol. The first-order valence-electron chi connectivity index (χ1n) is 11.2. The molecular formula is C26H26ClN3O3. The Balaban J connectivity index is 1.27. The average Bonchev–Trinajstić information content (AvgIpc) is 2.84. The summed E-state index contributed by atoms with van der Waals surface area (Å²) in [5.74, 6) is 0.526. The van der Waals surface area contributed by atoms with E-state index in [4.69, 9.17) is 21.1 Å². The van der Waals surface area contributed by atoms with Gasteiger partial charge in [0, 0.05) is 43.8 Å². The SMILES string of the molecule is O=c1cc(OCc2ccc(Cl)cn2)ccn1C1=Cc2ccc(CN3CCOCC3)cc2CC1. The smallest absolute Gasteiger partial charge is 0.258 e. The highest BCUT2D eigenvalue weighted by molar-refractivity contribution is 6.30. The Kier molecular flexibility index (Phi) is 6.58. The molecule has 1 fully saturated rings. The van der Waals surface area contributed by atoms with Crippen LogP contribution < -0.4 is 10.3 Å². The lowest BCUT2D eigenvalue weighted by atomic mass is 9.93. The van der Waals surface area contributed by atoms with Crippen molar-refractivity contribution in [3.05, 3.63) is 92.6 Å². The lowest BCUT2D eigenvalue weighted by Gasteiger charge is -2.27. The minimum absolute atomic E-state index is 0.102. The molecule has 170 valence electrons. The lowest BCUT2D eigenvalue weighted by Crippen LogP contribution is -2.35. The molecule has 0 radical (unpaired) electrons. The highest BCUT2D eigenvalue weighted by Crippen LogP contribution is 2.27. The predicted octanol–water partition coefficient (Wildman–Crippen LogP) is 4.25. The maximum Gasteiger partial charge on any atom is 0.258 e. The molecule has 0 saturated carbocycles. The molecular weight excluding hydrogens is 438 g/mol. The van der Waals surface area contributed by atoms with E-state index in [1.54, 1.807) is 29.1 Å². The minimum Gasteiger partial charge on any atom is -0.487 e. The molecule has 1 aromatic carbocycles. The number of morpholine rings is 1. The summed E-state index contributed by atoms with van der Waals surface area (Å²) in [4.78, 5) is 19.4. The number of ether oxygens (including phenoxy) is 2. The zero-order valence-electron chi connectivity index (χ0n) is 18.4. The Morgan fingerprint density at radius 2 is 1.94 bits per heavy atom. The van der Waals surface area contributed by atoms with Crippen LogP contribution in [0.2, 0.25) is 5.02 Å². The van der Waals surface area contributed by atoms with Crippen molar-refractivity contribution in [1.29, 1.82) is 0 Å². The molecule has 0 N–H and O–H groups in total. The zero-order valence-corrected chi connectivity index (χ0v) is 19.1. The normalized spacial score (nSPS) is 16.2. The second-order valence-corrected chi connectivity index (χ2v) is 8.82. The summed E-state index contributed by atoms with van der Waals surface area (Å²) < 4.78 is 12.9. The zero-order chi connectivity index (χ0) is 22.6. The van der Waals surface area contributed by atoms with E-state index in [1.807, 2.05) is 6.07 Å². The number of benzene rings is 1. The van der Waals surface area contributed by atoms with Crippen molar-refractivity contribution in [3.63, 3.8) is 0 Å². The van der Waals surface area contributed by atoms with Gasteiger partial charge in [-0.05, 0) is 53.8 Å². The van der Waals surface area contributed by atoms with Crippen LogP contribution in [-0.4, -0.2) is 40.8 Å². The van der Waals surface area contributed by atoms with Crippen LogP contribution in [0.15, 0.2) is 59.7 Å². The molecule has 33 heavy (non-hydrogen) atoms. The lowest BCUT2D eigenvalue weighted by molar-refractivity contribution is 0.0342. The van der Waals surface area contributed by atoms with Crippen LogP contribution in [0.5, 0.6) is 5.75 Å². The third kappa shape index (κ3) is 5.36. The number of allylic oxidation sites excluding steroid dienone is 1. The van der Waals surface area contributed by atoms with E-state index < -0.39 is 0 Å². The van der Waals surface area contributed by atoms with Crippen molar-refractivity contribution >= 4 is 23.4 Å². The van der Waals surface area contributed by atoms with Crippen LogP contribution in [-0.2, 0) is 24.3 Å². The summed E-state index contributed by atoms with van der Waals surface area (Å²) >= 11 is 5.86. The number of nitrogens with zero attached hydrogens (tertiary/aromatic N) is 3. The minimum atomic E-state index is -0.102. The van der Waals surface area contributed by atoms with Gasteiger partial charge in [0.2, 0.25) is 0 Å². The van der Waals surface area contributed by atoms with E-state index in [0.29, 0.717) is 10.8 Å². The van der Waals surface area contributed by atoms with Gasteiger partial charge in [-0.1, -0.05) is 29.8 Å². The molecule has 0 amide bonds. The highest BCUT2D eigenvalue weighted by Gasteiger charge is 2.16. The molecule has 1 aliphatic carbocycles. The first kappa shape index (κ1) is 21.9. The average molecular weight is 464 g/mol. The van der Waals surface area contributed by atoms with Crippen LogP contribution in [0.3, 0.4) is 0 Å². The summed E-state index contributed by atoms with van der Waals surface area (Å²) in [5, 5.41) is 0.581. The number of pyridine rings is 2. The number of rotatable bonds is 6. The topological polar surface area (TPSA) is 56.6 Å². The molecule has 1 aliphatic heterocycles. The molecule has 2 aliphatic rings. The van der Waals surface area contributed by atoms with Crippen LogP contribution in [0.1, 0.15) is 28.8 Å². The van der Waals surface area contributed by atoms with Crippen molar-refractivity contribution < 1.29 is 9.47 Å². The van der Waals surface area contributed by atoms with Crippen LogP contribution >= 0.6 is 11.6 Å². The summed E-state index contributed by atoms with van der Waals surface area (Å²) in [7, 11) is 0. The Morgan fingerprint density at radius 1 is 1.06 bits per heavy atom. The number of halogens is 1. The summed E-state index contributed by atoms with van der Waals surface area (Å²) in [6, 6.07) is 13.6. The van der Waals surface area contributed by atoms with Gasteiger partial charge in [-0.3, -0.25) is 19.2 Å². The second-order valence-electron chi connectivity index (χ2n) is 8.38. The molecule has 0 spiro atoms. The number of fused-ring (bicyclic) bond motifs is 1. The van der Waals surface area contributed by atoms with Crippen molar-refractivity contribution in [2.24, 2.45) is 0 Å². The fourth-order valence-electron chi connectivity index (χ4n) is 4.27. The van der Waals surface area contributed by atoms with Crippen LogP contribution in [0.25, 0.3) is 11.8 Å². The molecule has 2 aromatic heterocycles. The maximum atomic E-state index is 12.8. The Bertz CT molecular complexity index is 1210. The predicted molar refractivity (Wildman–Crippen MR) is 129 cm³/mol. The van der Waals surface area contributed by atoms with Gasteiger partial charge in [-0.15, -0.1) is 0 Å². The third-order valence-corrected chi connectivity index (χ3v) is 6.29. The third-order valence-electron chi connectivity index (χ3n) is 6.07. The van der Waals surface area contributed by atoms with Crippen LogP contribution in [0.4, 0.5) is 0 Å². The number of hydrogen-bond acceptors (Lipinski definition) is 5. The summed E-state index contributed by atoms with van der Waals surface area (Å²) in [5.41, 5.74) is 5.51. The fraction of sp³-hybridized carbons (Fsp3) is 0.308. The number of aromatic nitrogens is 2. The van der Waals surface area contributed by atoms with Gasteiger partial charge in [0.05, 0.1) is 23.9 Å². The van der Waals surface area contributed by atoms with Crippen molar-refractivity contribution in [3.8, 4) is 5.75 Å². The Hall–Kier alpha value is -2.93. The van der Waals surface area contributed by atoms with Crippen molar-refractivity contribution in [2.75, 3.05) is 26.3 Å². The van der Waals surface area contributed by atoms with E-state index in [9.17, 15) is 4.79 Å². The maximum absolute atomic E-state index is 12.8. The highest BCUT2D eigenvalue weighted by atomic mass is 35.5. The summed E-state index contributed by atoms with van der Waals surface area (Å²) in [6.07, 6.45) is 7.23. The van der Waals surface area contributed by atoms with Crippen molar-refractivity contribution in [2.45, 2.75) is 26.0 Å². The molecule has 0 unspecified atom stereocenters. The molecule has 1 saturated heterocycles. The Labute approximate surface area is 198 Å². The first-order chi connectivity index (χ1) is 16.1. The largest absolute Gasteiger partial charge is 0.487 e. The molecule has 0 atom stereocenters. The fourth-order valence-corrected chi connectivity index (χ4v) is 4.39. The number of aryl methyl sites for hydroxylation is 1. The van der Waals surface area contributed by atoms with E-state index in [-0.39, 0.29) is 12.2 Å². The van der Waals surface area contributed by atoms with Gasteiger partial charge in [-0.2, -0.15) is 0 Å². The quantitative estimate of drug-likeness (QED) is 0.547. The molecule has 5 rings (SSSR count). The Morgan fingerprint density at radius 3 is 2.73 bits per heavy atom. The molecule has 3 heterocycles. The van der Waals surface area contributed by atoms with Crippen LogP contribution in [0, 0.1) is 0 Å². The first-order valence-corrected chi connectivity index (χ1v) is 11.6. The molecule has 6 nitrogen and oxygen atoms in total. The molecule has 3 aromatic rings. The summed E-state index contributed by atoms with van der Waals surface area (Å²) in [6.45, 7) is 4.84.